The molecule has 0 aliphatic carbocycles. The third kappa shape index (κ3) is 3.74. The summed E-state index contributed by atoms with van der Waals surface area (Å²) in [6.07, 6.45) is 0. The van der Waals surface area contributed by atoms with Crippen molar-refractivity contribution in [2.75, 3.05) is 6.54 Å². The van der Waals surface area contributed by atoms with Crippen molar-refractivity contribution in [3.8, 4) is 11.8 Å². The Morgan fingerprint density at radius 2 is 2.20 bits per heavy atom. The van der Waals surface area contributed by atoms with E-state index in [2.05, 4.69) is 17.2 Å². The molecule has 4 nitrogen and oxygen atoms in total. The molecule has 1 aromatic heterocycles. The number of rotatable bonds is 3. The van der Waals surface area contributed by atoms with Gasteiger partial charge in [0.05, 0.1) is 6.54 Å². The van der Waals surface area contributed by atoms with Gasteiger partial charge in [0.15, 0.2) is 5.76 Å². The fourth-order valence-corrected chi connectivity index (χ4v) is 1.74. The highest BCUT2D eigenvalue weighted by Gasteiger charge is 2.09. The molecule has 20 heavy (non-hydrogen) atoms. The Balaban J connectivity index is 1.98. The van der Waals surface area contributed by atoms with Crippen molar-refractivity contribution in [1.29, 1.82) is 0 Å². The lowest BCUT2D eigenvalue weighted by molar-refractivity contribution is 0.0922. The predicted octanol–water partition coefficient (Wildman–Crippen LogP) is 1.83. The van der Waals surface area contributed by atoms with E-state index in [0.717, 1.165) is 11.1 Å². The lowest BCUT2D eigenvalue weighted by Crippen LogP contribution is -2.22. The number of nitrogens with one attached hydrogen (secondary N) is 1. The quantitative estimate of drug-likeness (QED) is 0.834. The Morgan fingerprint density at radius 3 is 2.90 bits per heavy atom. The van der Waals surface area contributed by atoms with Crippen molar-refractivity contribution in [1.82, 2.24) is 5.32 Å². The molecule has 0 saturated carbocycles. The van der Waals surface area contributed by atoms with Crippen molar-refractivity contribution >= 4 is 5.91 Å². The molecule has 2 aromatic rings. The second-order valence-electron chi connectivity index (χ2n) is 4.30. The summed E-state index contributed by atoms with van der Waals surface area (Å²) in [6, 6.07) is 11.1. The summed E-state index contributed by atoms with van der Waals surface area (Å²) in [5, 5.41) is 2.81. The fraction of sp³-hybridized carbons (Fsp3) is 0.188. The van der Waals surface area contributed by atoms with Gasteiger partial charge in [-0.25, -0.2) is 0 Å². The molecule has 1 heterocycles. The standard InChI is InChI=1S/C16H16N2O2/c1-12-7-8-15(20-12)16(19)18-11-14-5-2-4-13(10-14)6-3-9-17/h2,4-5,7-8,10H,9,11,17H2,1H3,(H,18,19). The Labute approximate surface area is 118 Å². The lowest BCUT2D eigenvalue weighted by atomic mass is 10.1. The van der Waals surface area contributed by atoms with Crippen LogP contribution in [-0.4, -0.2) is 12.5 Å². The van der Waals surface area contributed by atoms with Gasteiger partial charge in [-0.2, -0.15) is 0 Å². The number of nitrogens with two attached hydrogens (primary N) is 1. The summed E-state index contributed by atoms with van der Waals surface area (Å²) in [5.41, 5.74) is 7.20. The van der Waals surface area contributed by atoms with Crippen molar-refractivity contribution in [3.05, 3.63) is 59.0 Å². The van der Waals surface area contributed by atoms with E-state index in [4.69, 9.17) is 10.2 Å². The summed E-state index contributed by atoms with van der Waals surface area (Å²) >= 11 is 0. The largest absolute Gasteiger partial charge is 0.456 e. The number of benzene rings is 1. The van der Waals surface area contributed by atoms with E-state index in [1.165, 1.54) is 0 Å². The van der Waals surface area contributed by atoms with Gasteiger partial charge in [0, 0.05) is 12.1 Å². The van der Waals surface area contributed by atoms with Gasteiger partial charge in [-0.1, -0.05) is 24.0 Å². The molecule has 0 aliphatic heterocycles. The highest BCUT2D eigenvalue weighted by molar-refractivity contribution is 5.91. The molecule has 0 unspecified atom stereocenters. The summed E-state index contributed by atoms with van der Waals surface area (Å²) < 4.78 is 5.26. The summed E-state index contributed by atoms with van der Waals surface area (Å²) in [4.78, 5) is 11.8. The van der Waals surface area contributed by atoms with E-state index in [1.54, 1.807) is 19.1 Å². The first kappa shape index (κ1) is 13.9. The van der Waals surface area contributed by atoms with E-state index >= 15 is 0 Å². The molecule has 0 bridgehead atoms. The number of amides is 1. The molecule has 0 spiro atoms. The normalized spacial score (nSPS) is 9.70. The molecule has 0 saturated heterocycles. The molecule has 0 fully saturated rings. The second-order valence-corrected chi connectivity index (χ2v) is 4.30. The van der Waals surface area contributed by atoms with Gasteiger partial charge >= 0.3 is 0 Å². The van der Waals surface area contributed by atoms with Crippen LogP contribution in [0.25, 0.3) is 0 Å². The minimum absolute atomic E-state index is 0.225. The number of aryl methyl sites for hydroxylation is 1. The molecule has 1 aromatic carbocycles. The third-order valence-electron chi connectivity index (χ3n) is 2.68. The van der Waals surface area contributed by atoms with E-state index < -0.39 is 0 Å². The van der Waals surface area contributed by atoms with Crippen molar-refractivity contribution in [2.45, 2.75) is 13.5 Å². The van der Waals surface area contributed by atoms with E-state index in [0.29, 0.717) is 24.6 Å². The maximum Gasteiger partial charge on any atom is 0.287 e. The first-order chi connectivity index (χ1) is 9.69. The molecular formula is C16H16N2O2. The van der Waals surface area contributed by atoms with Gasteiger partial charge in [0.1, 0.15) is 5.76 Å². The average molecular weight is 268 g/mol. The van der Waals surface area contributed by atoms with Crippen LogP contribution in [-0.2, 0) is 6.54 Å². The molecule has 0 aliphatic rings. The van der Waals surface area contributed by atoms with Gasteiger partial charge in [0.2, 0.25) is 0 Å². The van der Waals surface area contributed by atoms with Crippen molar-refractivity contribution < 1.29 is 9.21 Å². The summed E-state index contributed by atoms with van der Waals surface area (Å²) in [7, 11) is 0. The van der Waals surface area contributed by atoms with Crippen LogP contribution in [0.1, 0.15) is 27.4 Å². The highest BCUT2D eigenvalue weighted by atomic mass is 16.3. The Kier molecular flexibility index (Phi) is 4.59. The highest BCUT2D eigenvalue weighted by Crippen LogP contribution is 2.07. The first-order valence-corrected chi connectivity index (χ1v) is 6.31. The Morgan fingerprint density at radius 1 is 1.35 bits per heavy atom. The monoisotopic (exact) mass is 268 g/mol. The molecular weight excluding hydrogens is 252 g/mol. The zero-order valence-electron chi connectivity index (χ0n) is 11.3. The van der Waals surface area contributed by atoms with Crippen LogP contribution < -0.4 is 11.1 Å². The SMILES string of the molecule is Cc1ccc(C(=O)NCc2cccc(C#CCN)c2)o1. The van der Waals surface area contributed by atoms with E-state index in [9.17, 15) is 4.79 Å². The second kappa shape index (κ2) is 6.60. The van der Waals surface area contributed by atoms with Crippen LogP contribution in [0, 0.1) is 18.8 Å². The van der Waals surface area contributed by atoms with E-state index in [-0.39, 0.29) is 5.91 Å². The maximum absolute atomic E-state index is 11.8. The van der Waals surface area contributed by atoms with Gasteiger partial charge < -0.3 is 15.5 Å². The first-order valence-electron chi connectivity index (χ1n) is 6.31. The zero-order valence-corrected chi connectivity index (χ0v) is 11.3. The molecule has 0 radical (unpaired) electrons. The number of hydrogen-bond acceptors (Lipinski definition) is 3. The van der Waals surface area contributed by atoms with Gasteiger partial charge in [-0.15, -0.1) is 0 Å². The number of carbonyl (C=O) groups excluding carboxylic acids is 1. The molecule has 2 rings (SSSR count). The summed E-state index contributed by atoms with van der Waals surface area (Å²) in [6.45, 7) is 2.56. The fourth-order valence-electron chi connectivity index (χ4n) is 1.74. The lowest BCUT2D eigenvalue weighted by Gasteiger charge is -2.04. The van der Waals surface area contributed by atoms with Gasteiger partial charge in [-0.3, -0.25) is 4.79 Å². The minimum atomic E-state index is -0.225. The van der Waals surface area contributed by atoms with Gasteiger partial charge in [-0.05, 0) is 36.8 Å². The zero-order chi connectivity index (χ0) is 14.4. The molecule has 0 atom stereocenters. The van der Waals surface area contributed by atoms with Crippen LogP contribution >= 0.6 is 0 Å². The third-order valence-corrected chi connectivity index (χ3v) is 2.68. The molecule has 1 amide bonds. The Hall–Kier alpha value is -2.51. The number of carbonyl (C=O) groups is 1. The topological polar surface area (TPSA) is 68.3 Å². The molecule has 4 heteroatoms. The molecule has 102 valence electrons. The minimum Gasteiger partial charge on any atom is -0.456 e. The molecule has 3 N–H and O–H groups in total. The van der Waals surface area contributed by atoms with Gasteiger partial charge in [0.25, 0.3) is 5.91 Å². The Bertz CT molecular complexity index is 662. The predicted molar refractivity (Wildman–Crippen MR) is 77.0 cm³/mol. The van der Waals surface area contributed by atoms with Crippen molar-refractivity contribution in [2.24, 2.45) is 5.73 Å². The number of hydrogen-bond donors (Lipinski definition) is 2. The van der Waals surface area contributed by atoms with E-state index in [1.807, 2.05) is 24.3 Å². The smallest absolute Gasteiger partial charge is 0.287 e. The van der Waals surface area contributed by atoms with Crippen LogP contribution in [0.15, 0.2) is 40.8 Å². The van der Waals surface area contributed by atoms with Crippen molar-refractivity contribution in [3.63, 3.8) is 0 Å². The van der Waals surface area contributed by atoms with Crippen LogP contribution in [0.2, 0.25) is 0 Å². The van der Waals surface area contributed by atoms with Crippen LogP contribution in [0.5, 0.6) is 0 Å². The number of furan rings is 1. The average Bonchev–Trinajstić information content (AvgIpc) is 2.90. The summed E-state index contributed by atoms with van der Waals surface area (Å²) in [5.74, 6) is 6.57. The maximum atomic E-state index is 11.8. The van der Waals surface area contributed by atoms with Crippen LogP contribution in [0.3, 0.4) is 0 Å². The van der Waals surface area contributed by atoms with Crippen LogP contribution in [0.4, 0.5) is 0 Å².